The molecule has 1 amide bonds. The molecule has 1 heterocycles. The highest BCUT2D eigenvalue weighted by Crippen LogP contribution is 2.11. The third kappa shape index (κ3) is 5.66. The molecule has 16 heavy (non-hydrogen) atoms. The summed E-state index contributed by atoms with van der Waals surface area (Å²) in [5.74, 6) is 3.34. The van der Waals surface area contributed by atoms with E-state index in [1.54, 1.807) is 11.8 Å². The molecule has 1 rings (SSSR count). The number of nitrogens with zero attached hydrogens (tertiary/aromatic N) is 1. The van der Waals surface area contributed by atoms with Crippen molar-refractivity contribution in [3.63, 3.8) is 0 Å². The van der Waals surface area contributed by atoms with E-state index in [1.165, 1.54) is 5.75 Å². The predicted molar refractivity (Wildman–Crippen MR) is 76.7 cm³/mol. The highest BCUT2D eigenvalue weighted by molar-refractivity contribution is 7.99. The van der Waals surface area contributed by atoms with Crippen molar-refractivity contribution in [1.82, 2.24) is 4.90 Å². The maximum Gasteiger partial charge on any atom is 0.239 e. The summed E-state index contributed by atoms with van der Waals surface area (Å²) in [6.07, 6.45) is 3.94. The number of nitrogens with two attached hydrogens (primary N) is 1. The summed E-state index contributed by atoms with van der Waals surface area (Å²) in [7, 11) is 0. The Labute approximate surface area is 113 Å². The molecule has 0 radical (unpaired) electrons. The molecule has 0 unspecified atom stereocenters. The first-order valence-electron chi connectivity index (χ1n) is 5.36. The molecule has 2 N–H and O–H groups in total. The first-order chi connectivity index (χ1) is 7.25. The SMILES string of the molecule is CSCC[C@H](N)C(=O)N1CCCSCC1.Cl. The molecule has 0 aliphatic carbocycles. The average Bonchev–Trinajstić information content (AvgIpc) is 2.53. The summed E-state index contributed by atoms with van der Waals surface area (Å²) in [6.45, 7) is 1.76. The van der Waals surface area contributed by atoms with Crippen LogP contribution in [-0.4, -0.2) is 53.5 Å². The molecule has 3 nitrogen and oxygen atoms in total. The van der Waals surface area contributed by atoms with Crippen LogP contribution in [0.1, 0.15) is 12.8 Å². The van der Waals surface area contributed by atoms with Gasteiger partial charge in [0.05, 0.1) is 6.04 Å². The molecule has 1 saturated heterocycles. The number of thioether (sulfide) groups is 2. The highest BCUT2D eigenvalue weighted by Gasteiger charge is 2.21. The van der Waals surface area contributed by atoms with Crippen molar-refractivity contribution in [3.8, 4) is 0 Å². The minimum Gasteiger partial charge on any atom is -0.340 e. The van der Waals surface area contributed by atoms with Gasteiger partial charge in [-0.1, -0.05) is 0 Å². The van der Waals surface area contributed by atoms with E-state index >= 15 is 0 Å². The number of amides is 1. The van der Waals surface area contributed by atoms with E-state index in [1.807, 2.05) is 22.9 Å². The van der Waals surface area contributed by atoms with Gasteiger partial charge >= 0.3 is 0 Å². The Bertz CT molecular complexity index is 199. The zero-order valence-corrected chi connectivity index (χ0v) is 12.1. The van der Waals surface area contributed by atoms with E-state index in [4.69, 9.17) is 5.73 Å². The Kier molecular flexibility index (Phi) is 9.70. The van der Waals surface area contributed by atoms with Crippen LogP contribution < -0.4 is 5.73 Å². The zero-order valence-electron chi connectivity index (χ0n) is 9.68. The summed E-state index contributed by atoms with van der Waals surface area (Å²) in [5.41, 5.74) is 5.87. The lowest BCUT2D eigenvalue weighted by Crippen LogP contribution is -2.44. The Morgan fingerprint density at radius 1 is 1.50 bits per heavy atom. The number of halogens is 1. The van der Waals surface area contributed by atoms with Crippen LogP contribution in [-0.2, 0) is 4.79 Å². The fourth-order valence-electron chi connectivity index (χ4n) is 1.57. The molecule has 1 aliphatic rings. The second kappa shape index (κ2) is 9.45. The Morgan fingerprint density at radius 3 is 2.94 bits per heavy atom. The van der Waals surface area contributed by atoms with Gasteiger partial charge in [0, 0.05) is 18.8 Å². The molecule has 0 aromatic heterocycles. The second-order valence-corrected chi connectivity index (χ2v) is 5.89. The van der Waals surface area contributed by atoms with E-state index in [2.05, 4.69) is 0 Å². The van der Waals surface area contributed by atoms with Gasteiger partial charge in [-0.3, -0.25) is 4.79 Å². The smallest absolute Gasteiger partial charge is 0.239 e. The Hall–Kier alpha value is 0.420. The average molecular weight is 285 g/mol. The van der Waals surface area contributed by atoms with Crippen molar-refractivity contribution in [2.75, 3.05) is 36.6 Å². The van der Waals surface area contributed by atoms with Gasteiger partial charge in [0.15, 0.2) is 0 Å². The monoisotopic (exact) mass is 284 g/mol. The molecule has 1 atom stereocenters. The van der Waals surface area contributed by atoms with Gasteiger partial charge in [-0.15, -0.1) is 12.4 Å². The molecule has 0 saturated carbocycles. The normalized spacial score (nSPS) is 18.5. The maximum atomic E-state index is 11.9. The van der Waals surface area contributed by atoms with Crippen LogP contribution >= 0.6 is 35.9 Å². The van der Waals surface area contributed by atoms with Crippen LogP contribution in [0.4, 0.5) is 0 Å². The van der Waals surface area contributed by atoms with Gasteiger partial charge < -0.3 is 10.6 Å². The molecule has 0 bridgehead atoms. The van der Waals surface area contributed by atoms with Crippen molar-refractivity contribution in [1.29, 1.82) is 0 Å². The van der Waals surface area contributed by atoms with Gasteiger partial charge in [-0.05, 0) is 30.6 Å². The van der Waals surface area contributed by atoms with Crippen LogP contribution in [0.15, 0.2) is 0 Å². The molecular formula is C10H21ClN2OS2. The van der Waals surface area contributed by atoms with Gasteiger partial charge in [0.25, 0.3) is 0 Å². The Balaban J connectivity index is 0.00000225. The third-order valence-corrected chi connectivity index (χ3v) is 4.18. The van der Waals surface area contributed by atoms with Crippen molar-refractivity contribution in [3.05, 3.63) is 0 Å². The van der Waals surface area contributed by atoms with E-state index in [9.17, 15) is 4.79 Å². The molecule has 1 aliphatic heterocycles. The lowest BCUT2D eigenvalue weighted by Gasteiger charge is -2.23. The Morgan fingerprint density at radius 2 is 2.25 bits per heavy atom. The van der Waals surface area contributed by atoms with Gasteiger partial charge in [0.1, 0.15) is 0 Å². The van der Waals surface area contributed by atoms with E-state index in [0.717, 1.165) is 37.4 Å². The lowest BCUT2D eigenvalue weighted by molar-refractivity contribution is -0.132. The number of hydrogen-bond acceptors (Lipinski definition) is 4. The van der Waals surface area contributed by atoms with Crippen LogP contribution in [0.2, 0.25) is 0 Å². The van der Waals surface area contributed by atoms with Crippen molar-refractivity contribution in [2.45, 2.75) is 18.9 Å². The minimum absolute atomic E-state index is 0. The van der Waals surface area contributed by atoms with Crippen molar-refractivity contribution >= 4 is 41.8 Å². The quantitative estimate of drug-likeness (QED) is 0.849. The number of hydrogen-bond donors (Lipinski definition) is 1. The van der Waals surface area contributed by atoms with Crippen LogP contribution in [0.3, 0.4) is 0 Å². The minimum atomic E-state index is -0.291. The van der Waals surface area contributed by atoms with Crippen molar-refractivity contribution in [2.24, 2.45) is 5.73 Å². The molecule has 0 spiro atoms. The lowest BCUT2D eigenvalue weighted by atomic mass is 10.2. The van der Waals surface area contributed by atoms with Gasteiger partial charge in [-0.25, -0.2) is 0 Å². The summed E-state index contributed by atoms with van der Waals surface area (Å²) in [4.78, 5) is 13.9. The van der Waals surface area contributed by atoms with Gasteiger partial charge in [-0.2, -0.15) is 23.5 Å². The zero-order chi connectivity index (χ0) is 11.1. The maximum absolute atomic E-state index is 11.9. The fourth-order valence-corrected chi connectivity index (χ4v) is 2.95. The number of carbonyl (C=O) groups excluding carboxylic acids is 1. The molecule has 1 fully saturated rings. The predicted octanol–water partition coefficient (Wildman–Crippen LogP) is 1.45. The van der Waals surface area contributed by atoms with Crippen LogP contribution in [0.25, 0.3) is 0 Å². The summed E-state index contributed by atoms with van der Waals surface area (Å²) < 4.78 is 0. The largest absolute Gasteiger partial charge is 0.340 e. The second-order valence-electron chi connectivity index (χ2n) is 3.68. The van der Waals surface area contributed by atoms with Crippen LogP contribution in [0, 0.1) is 0 Å². The van der Waals surface area contributed by atoms with Gasteiger partial charge in [0.2, 0.25) is 5.91 Å². The molecular weight excluding hydrogens is 264 g/mol. The van der Waals surface area contributed by atoms with Crippen LogP contribution in [0.5, 0.6) is 0 Å². The number of rotatable bonds is 4. The molecule has 96 valence electrons. The topological polar surface area (TPSA) is 46.3 Å². The van der Waals surface area contributed by atoms with E-state index in [-0.39, 0.29) is 24.4 Å². The summed E-state index contributed by atoms with van der Waals surface area (Å²) in [6, 6.07) is -0.291. The van der Waals surface area contributed by atoms with E-state index in [0.29, 0.717) is 0 Å². The molecule has 0 aromatic rings. The number of carbonyl (C=O) groups is 1. The summed E-state index contributed by atoms with van der Waals surface area (Å²) >= 11 is 3.67. The molecule has 0 aromatic carbocycles. The standard InChI is InChI=1S/C10H20N2OS2.ClH/c1-14-7-3-9(11)10(13)12-4-2-6-15-8-5-12;/h9H,2-8,11H2,1H3;1H/t9-;/m0./s1. The third-order valence-electron chi connectivity index (χ3n) is 2.48. The highest BCUT2D eigenvalue weighted by atomic mass is 35.5. The fraction of sp³-hybridized carbons (Fsp3) is 0.900. The first-order valence-corrected chi connectivity index (χ1v) is 7.91. The van der Waals surface area contributed by atoms with E-state index < -0.39 is 0 Å². The molecule has 6 heteroatoms. The first kappa shape index (κ1) is 16.4. The summed E-state index contributed by atoms with van der Waals surface area (Å²) in [5, 5.41) is 0. The van der Waals surface area contributed by atoms with Crippen molar-refractivity contribution < 1.29 is 4.79 Å².